The lowest BCUT2D eigenvalue weighted by molar-refractivity contribution is 0.415. The summed E-state index contributed by atoms with van der Waals surface area (Å²) >= 11 is 0. The number of hydrogen-bond acceptors (Lipinski definition) is 3. The van der Waals surface area contributed by atoms with Gasteiger partial charge in [-0.3, -0.25) is 4.79 Å². The summed E-state index contributed by atoms with van der Waals surface area (Å²) in [4.78, 5) is 15.8. The van der Waals surface area contributed by atoms with Gasteiger partial charge in [0.2, 0.25) is 0 Å². The third-order valence-corrected chi connectivity index (χ3v) is 2.51. The summed E-state index contributed by atoms with van der Waals surface area (Å²) in [5.74, 6) is 0.731. The van der Waals surface area contributed by atoms with Gasteiger partial charge in [0.05, 0.1) is 24.3 Å². The first-order valence-corrected chi connectivity index (χ1v) is 5.19. The molecule has 0 aliphatic heterocycles. The maximum Gasteiger partial charge on any atom is 0.269 e. The van der Waals surface area contributed by atoms with Gasteiger partial charge in [0.15, 0.2) is 0 Å². The molecule has 0 bridgehead atoms. The van der Waals surface area contributed by atoms with E-state index in [1.807, 2.05) is 32.0 Å². The second-order valence-corrected chi connectivity index (χ2v) is 3.91. The normalized spacial score (nSPS) is 11.0. The Morgan fingerprint density at radius 1 is 1.38 bits per heavy atom. The highest BCUT2D eigenvalue weighted by molar-refractivity contribution is 5.76. The van der Waals surface area contributed by atoms with Crippen LogP contribution in [-0.4, -0.2) is 16.7 Å². The average molecular weight is 218 g/mol. The van der Waals surface area contributed by atoms with Crippen molar-refractivity contribution in [3.8, 4) is 5.75 Å². The molecule has 84 valence electrons. The van der Waals surface area contributed by atoms with E-state index in [9.17, 15) is 4.79 Å². The van der Waals surface area contributed by atoms with Crippen molar-refractivity contribution in [3.05, 3.63) is 34.7 Å². The molecule has 16 heavy (non-hydrogen) atoms. The van der Waals surface area contributed by atoms with E-state index < -0.39 is 0 Å². The number of fused-ring (bicyclic) bond motifs is 1. The lowest BCUT2D eigenvalue weighted by Crippen LogP contribution is -2.22. The molecular formula is C12H14N2O2. The zero-order valence-corrected chi connectivity index (χ0v) is 9.60. The molecule has 0 N–H and O–H groups in total. The summed E-state index contributed by atoms with van der Waals surface area (Å²) in [5.41, 5.74) is 1.52. The van der Waals surface area contributed by atoms with Crippen LogP contribution in [0, 0.1) is 0 Å². The Balaban J connectivity index is 2.83. The van der Waals surface area contributed by atoms with E-state index >= 15 is 0 Å². The number of benzene rings is 1. The second-order valence-electron chi connectivity index (χ2n) is 3.91. The molecular weight excluding hydrogens is 204 g/mol. The fraction of sp³-hybridized carbons (Fsp3) is 0.333. The van der Waals surface area contributed by atoms with Gasteiger partial charge in [0.1, 0.15) is 5.75 Å². The van der Waals surface area contributed by atoms with Crippen molar-refractivity contribution in [2.45, 2.75) is 19.9 Å². The fourth-order valence-corrected chi connectivity index (χ4v) is 1.77. The zero-order valence-electron chi connectivity index (χ0n) is 9.60. The van der Waals surface area contributed by atoms with Gasteiger partial charge < -0.3 is 9.30 Å². The SMILES string of the molecule is COc1ccc2ncc(=O)n(C(C)C)c2c1. The first-order valence-electron chi connectivity index (χ1n) is 5.19. The number of ether oxygens (including phenoxy) is 1. The minimum absolute atomic E-state index is 0.0873. The van der Waals surface area contributed by atoms with Crippen LogP contribution in [0.15, 0.2) is 29.2 Å². The van der Waals surface area contributed by atoms with E-state index in [0.717, 1.165) is 16.8 Å². The molecule has 0 unspecified atom stereocenters. The average Bonchev–Trinajstić information content (AvgIpc) is 2.27. The summed E-state index contributed by atoms with van der Waals surface area (Å²) in [7, 11) is 1.61. The van der Waals surface area contributed by atoms with Crippen LogP contribution in [-0.2, 0) is 0 Å². The number of aromatic nitrogens is 2. The number of hydrogen-bond donors (Lipinski definition) is 0. The van der Waals surface area contributed by atoms with Crippen LogP contribution in [0.4, 0.5) is 0 Å². The molecule has 0 saturated carbocycles. The van der Waals surface area contributed by atoms with Crippen molar-refractivity contribution in [2.24, 2.45) is 0 Å². The van der Waals surface area contributed by atoms with Gasteiger partial charge in [-0.15, -0.1) is 0 Å². The predicted molar refractivity (Wildman–Crippen MR) is 62.9 cm³/mol. The lowest BCUT2D eigenvalue weighted by Gasteiger charge is -2.13. The Hall–Kier alpha value is -1.84. The highest BCUT2D eigenvalue weighted by Gasteiger charge is 2.08. The second kappa shape index (κ2) is 3.96. The lowest BCUT2D eigenvalue weighted by atomic mass is 10.2. The smallest absolute Gasteiger partial charge is 0.269 e. The summed E-state index contributed by atoms with van der Waals surface area (Å²) in [5, 5.41) is 0. The topological polar surface area (TPSA) is 44.1 Å². The quantitative estimate of drug-likeness (QED) is 0.774. The van der Waals surface area contributed by atoms with E-state index in [0.29, 0.717) is 0 Å². The molecule has 1 aromatic carbocycles. The van der Waals surface area contributed by atoms with Crippen molar-refractivity contribution in [2.75, 3.05) is 7.11 Å². The Bertz CT molecular complexity index is 573. The van der Waals surface area contributed by atoms with Crippen molar-refractivity contribution in [1.82, 2.24) is 9.55 Å². The summed E-state index contributed by atoms with van der Waals surface area (Å²) in [6.07, 6.45) is 1.36. The molecule has 4 heteroatoms. The number of rotatable bonds is 2. The Morgan fingerprint density at radius 3 is 2.75 bits per heavy atom. The highest BCUT2D eigenvalue weighted by atomic mass is 16.5. The molecule has 0 saturated heterocycles. The van der Waals surface area contributed by atoms with Crippen LogP contribution in [0.5, 0.6) is 5.75 Å². The van der Waals surface area contributed by atoms with Gasteiger partial charge in [0.25, 0.3) is 5.56 Å². The van der Waals surface area contributed by atoms with Gasteiger partial charge in [-0.2, -0.15) is 0 Å². The van der Waals surface area contributed by atoms with Crippen LogP contribution in [0.2, 0.25) is 0 Å². The molecule has 1 aromatic heterocycles. The molecule has 0 amide bonds. The zero-order chi connectivity index (χ0) is 11.7. The third kappa shape index (κ3) is 1.66. The first kappa shape index (κ1) is 10.7. The molecule has 0 radical (unpaired) electrons. The van der Waals surface area contributed by atoms with Crippen LogP contribution in [0.1, 0.15) is 19.9 Å². The Labute approximate surface area is 93.5 Å². The van der Waals surface area contributed by atoms with Crippen molar-refractivity contribution in [3.63, 3.8) is 0 Å². The van der Waals surface area contributed by atoms with Crippen molar-refractivity contribution < 1.29 is 4.74 Å². The standard InChI is InChI=1S/C12H14N2O2/c1-8(2)14-11-6-9(16-3)4-5-10(11)13-7-12(14)15/h4-8H,1-3H3. The molecule has 1 heterocycles. The molecule has 0 atom stereocenters. The number of nitrogens with zero attached hydrogens (tertiary/aromatic N) is 2. The Morgan fingerprint density at radius 2 is 2.12 bits per heavy atom. The molecule has 0 spiro atoms. The maximum atomic E-state index is 11.7. The molecule has 2 aromatic rings. The first-order chi connectivity index (χ1) is 7.63. The third-order valence-electron chi connectivity index (χ3n) is 2.51. The van der Waals surface area contributed by atoms with E-state index in [-0.39, 0.29) is 11.6 Å². The highest BCUT2D eigenvalue weighted by Crippen LogP contribution is 2.19. The molecule has 0 aliphatic rings. The molecule has 0 aliphatic carbocycles. The van der Waals surface area contributed by atoms with Crippen molar-refractivity contribution >= 4 is 11.0 Å². The summed E-state index contributed by atoms with van der Waals surface area (Å²) < 4.78 is 6.87. The largest absolute Gasteiger partial charge is 0.497 e. The fourth-order valence-electron chi connectivity index (χ4n) is 1.77. The van der Waals surface area contributed by atoms with Gasteiger partial charge in [-0.1, -0.05) is 0 Å². The van der Waals surface area contributed by atoms with Crippen LogP contribution >= 0.6 is 0 Å². The molecule has 2 rings (SSSR count). The maximum absolute atomic E-state index is 11.7. The van der Waals surface area contributed by atoms with Gasteiger partial charge in [0, 0.05) is 12.1 Å². The minimum atomic E-state index is -0.0873. The monoisotopic (exact) mass is 218 g/mol. The van der Waals surface area contributed by atoms with Crippen LogP contribution in [0.25, 0.3) is 11.0 Å². The molecule has 4 nitrogen and oxygen atoms in total. The van der Waals surface area contributed by atoms with Crippen LogP contribution in [0.3, 0.4) is 0 Å². The predicted octanol–water partition coefficient (Wildman–Crippen LogP) is 1.99. The summed E-state index contributed by atoms with van der Waals surface area (Å²) in [6, 6.07) is 5.63. The van der Waals surface area contributed by atoms with E-state index in [1.54, 1.807) is 11.7 Å². The van der Waals surface area contributed by atoms with E-state index in [4.69, 9.17) is 4.74 Å². The number of methoxy groups -OCH3 is 1. The van der Waals surface area contributed by atoms with E-state index in [1.165, 1.54) is 6.20 Å². The minimum Gasteiger partial charge on any atom is -0.497 e. The van der Waals surface area contributed by atoms with Gasteiger partial charge in [-0.25, -0.2) is 4.98 Å². The molecule has 0 fully saturated rings. The van der Waals surface area contributed by atoms with Crippen molar-refractivity contribution in [1.29, 1.82) is 0 Å². The van der Waals surface area contributed by atoms with Gasteiger partial charge >= 0.3 is 0 Å². The van der Waals surface area contributed by atoms with Crippen LogP contribution < -0.4 is 10.3 Å². The van der Waals surface area contributed by atoms with Gasteiger partial charge in [-0.05, 0) is 26.0 Å². The van der Waals surface area contributed by atoms with E-state index in [2.05, 4.69) is 4.98 Å². The summed E-state index contributed by atoms with van der Waals surface area (Å²) in [6.45, 7) is 3.95. The Kier molecular flexibility index (Phi) is 2.64.